The lowest BCUT2D eigenvalue weighted by molar-refractivity contribution is 0.318. The molecule has 20 heavy (non-hydrogen) atoms. The molecule has 0 aliphatic heterocycles. The van der Waals surface area contributed by atoms with Crippen LogP contribution in [0.1, 0.15) is 16.8 Å². The van der Waals surface area contributed by atoms with Gasteiger partial charge in [0.05, 0.1) is 0 Å². The topological polar surface area (TPSA) is 83.5 Å². The van der Waals surface area contributed by atoms with Crippen LogP contribution < -0.4 is 11.1 Å². The van der Waals surface area contributed by atoms with Gasteiger partial charge in [0, 0.05) is 28.5 Å². The molecule has 0 aliphatic carbocycles. The molecule has 1 aromatic carbocycles. The lowest BCUT2D eigenvalue weighted by atomic mass is 10.1. The second-order valence-corrected chi connectivity index (χ2v) is 5.19. The van der Waals surface area contributed by atoms with Gasteiger partial charge in [0.2, 0.25) is 0 Å². The van der Waals surface area contributed by atoms with Crippen molar-refractivity contribution in [3.63, 3.8) is 0 Å². The van der Waals surface area contributed by atoms with Crippen LogP contribution in [-0.4, -0.2) is 16.0 Å². The van der Waals surface area contributed by atoms with E-state index >= 15 is 0 Å². The number of aryl methyl sites for hydroxylation is 1. The fourth-order valence-electron chi connectivity index (χ4n) is 1.82. The highest BCUT2D eigenvalue weighted by Crippen LogP contribution is 2.24. The summed E-state index contributed by atoms with van der Waals surface area (Å²) in [6.07, 6.45) is 1.61. The second kappa shape index (κ2) is 6.38. The van der Waals surface area contributed by atoms with Crippen molar-refractivity contribution in [3.05, 3.63) is 57.8 Å². The first-order valence-electron chi connectivity index (χ1n) is 6.03. The third-order valence-corrected chi connectivity index (χ3v) is 3.52. The molecule has 0 spiro atoms. The maximum absolute atomic E-state index is 8.77. The van der Waals surface area contributed by atoms with E-state index in [2.05, 4.69) is 31.4 Å². The van der Waals surface area contributed by atoms with Gasteiger partial charge in [-0.25, -0.2) is 0 Å². The minimum absolute atomic E-state index is 0.00529. The highest BCUT2D eigenvalue weighted by Gasteiger charge is 2.08. The van der Waals surface area contributed by atoms with E-state index in [4.69, 9.17) is 10.9 Å². The van der Waals surface area contributed by atoms with Gasteiger partial charge in [-0.05, 0) is 46.6 Å². The summed E-state index contributed by atoms with van der Waals surface area (Å²) in [6, 6.07) is 9.77. The predicted octanol–water partition coefficient (Wildman–Crippen LogP) is 2.86. The fraction of sp³-hybridized carbons (Fsp3) is 0.143. The summed E-state index contributed by atoms with van der Waals surface area (Å²) < 4.78 is 0.984. The number of nitrogens with one attached hydrogen (secondary N) is 1. The average Bonchev–Trinajstić information content (AvgIpc) is 2.47. The standard InChI is InChI=1S/C14H15BrN4O/c1-9-4-5-11(15)12(7-9)18-8-10-3-2-6-17-13(10)14(16)19-20/h2-7,18,20H,8H2,1H3,(H2,16,19). The maximum atomic E-state index is 8.77. The van der Waals surface area contributed by atoms with Crippen molar-refractivity contribution in [1.29, 1.82) is 0 Å². The van der Waals surface area contributed by atoms with E-state index in [1.54, 1.807) is 6.20 Å². The average molecular weight is 335 g/mol. The number of pyridine rings is 1. The number of amidine groups is 1. The Balaban J connectivity index is 2.21. The van der Waals surface area contributed by atoms with E-state index in [1.165, 1.54) is 5.56 Å². The van der Waals surface area contributed by atoms with Gasteiger partial charge in [0.15, 0.2) is 5.84 Å². The van der Waals surface area contributed by atoms with Gasteiger partial charge in [-0.15, -0.1) is 0 Å². The van der Waals surface area contributed by atoms with Crippen molar-refractivity contribution in [3.8, 4) is 0 Å². The highest BCUT2D eigenvalue weighted by atomic mass is 79.9. The molecular weight excluding hydrogens is 320 g/mol. The van der Waals surface area contributed by atoms with Crippen LogP contribution >= 0.6 is 15.9 Å². The summed E-state index contributed by atoms with van der Waals surface area (Å²) in [5.41, 5.74) is 9.10. The number of nitrogens with zero attached hydrogens (tertiary/aromatic N) is 2. The minimum atomic E-state index is 0.00529. The number of benzene rings is 1. The minimum Gasteiger partial charge on any atom is -0.409 e. The second-order valence-electron chi connectivity index (χ2n) is 4.33. The smallest absolute Gasteiger partial charge is 0.189 e. The molecule has 0 unspecified atom stereocenters. The van der Waals surface area contributed by atoms with Gasteiger partial charge < -0.3 is 16.3 Å². The summed E-state index contributed by atoms with van der Waals surface area (Å²) in [6.45, 7) is 2.56. The molecule has 104 valence electrons. The van der Waals surface area contributed by atoms with E-state index in [1.807, 2.05) is 37.3 Å². The van der Waals surface area contributed by atoms with Crippen molar-refractivity contribution in [1.82, 2.24) is 4.98 Å². The van der Waals surface area contributed by atoms with Crippen LogP contribution in [0.3, 0.4) is 0 Å². The largest absolute Gasteiger partial charge is 0.409 e. The first-order chi connectivity index (χ1) is 9.61. The van der Waals surface area contributed by atoms with Crippen LogP contribution in [0.25, 0.3) is 0 Å². The molecule has 2 aromatic rings. The molecule has 6 heteroatoms. The molecule has 0 fully saturated rings. The molecule has 4 N–H and O–H groups in total. The van der Waals surface area contributed by atoms with Gasteiger partial charge in [-0.1, -0.05) is 17.3 Å². The van der Waals surface area contributed by atoms with E-state index < -0.39 is 0 Å². The molecule has 1 heterocycles. The number of aromatic nitrogens is 1. The van der Waals surface area contributed by atoms with Crippen molar-refractivity contribution in [2.24, 2.45) is 10.9 Å². The van der Waals surface area contributed by atoms with E-state index in [-0.39, 0.29) is 5.84 Å². The number of nitrogens with two attached hydrogens (primary N) is 1. The van der Waals surface area contributed by atoms with Crippen molar-refractivity contribution in [2.45, 2.75) is 13.5 Å². The van der Waals surface area contributed by atoms with Crippen LogP contribution in [0.2, 0.25) is 0 Å². The summed E-state index contributed by atoms with van der Waals surface area (Å²) in [7, 11) is 0. The third-order valence-electron chi connectivity index (χ3n) is 2.83. The zero-order chi connectivity index (χ0) is 14.5. The van der Waals surface area contributed by atoms with Crippen molar-refractivity contribution >= 4 is 27.5 Å². The molecule has 0 saturated carbocycles. The SMILES string of the molecule is Cc1ccc(Br)c(NCc2cccnc2/C(N)=N/O)c1. The predicted molar refractivity (Wildman–Crippen MR) is 83.0 cm³/mol. The van der Waals surface area contributed by atoms with Crippen LogP contribution in [0.15, 0.2) is 46.2 Å². The molecule has 0 bridgehead atoms. The molecule has 0 saturated heterocycles. The Morgan fingerprint density at radius 2 is 2.25 bits per heavy atom. The van der Waals surface area contributed by atoms with E-state index in [9.17, 15) is 0 Å². The quantitative estimate of drug-likeness (QED) is 0.347. The van der Waals surface area contributed by atoms with Crippen LogP contribution in [-0.2, 0) is 6.54 Å². The number of rotatable bonds is 4. The van der Waals surface area contributed by atoms with Crippen LogP contribution in [0.5, 0.6) is 0 Å². The van der Waals surface area contributed by atoms with Crippen LogP contribution in [0.4, 0.5) is 5.69 Å². The molecule has 0 radical (unpaired) electrons. The highest BCUT2D eigenvalue weighted by molar-refractivity contribution is 9.10. The number of halogens is 1. The molecule has 0 atom stereocenters. The van der Waals surface area contributed by atoms with Gasteiger partial charge >= 0.3 is 0 Å². The van der Waals surface area contributed by atoms with E-state index in [0.717, 1.165) is 15.7 Å². The fourth-order valence-corrected chi connectivity index (χ4v) is 2.21. The third kappa shape index (κ3) is 3.27. The Bertz CT molecular complexity index is 643. The van der Waals surface area contributed by atoms with Gasteiger partial charge in [-0.3, -0.25) is 4.98 Å². The Morgan fingerprint density at radius 1 is 1.45 bits per heavy atom. The first kappa shape index (κ1) is 14.3. The Labute approximate surface area is 125 Å². The molecule has 1 aromatic heterocycles. The van der Waals surface area contributed by atoms with Crippen molar-refractivity contribution in [2.75, 3.05) is 5.32 Å². The van der Waals surface area contributed by atoms with Crippen LogP contribution in [0, 0.1) is 6.92 Å². The number of anilines is 1. The summed E-state index contributed by atoms with van der Waals surface area (Å²) in [4.78, 5) is 4.13. The zero-order valence-electron chi connectivity index (χ0n) is 11.0. The molecule has 5 nitrogen and oxygen atoms in total. The van der Waals surface area contributed by atoms with Gasteiger partial charge in [-0.2, -0.15) is 0 Å². The summed E-state index contributed by atoms with van der Waals surface area (Å²) in [5, 5.41) is 15.1. The molecule has 0 amide bonds. The maximum Gasteiger partial charge on any atom is 0.189 e. The van der Waals surface area contributed by atoms with Gasteiger partial charge in [0.25, 0.3) is 0 Å². The lowest BCUT2D eigenvalue weighted by Gasteiger charge is -2.11. The van der Waals surface area contributed by atoms with Gasteiger partial charge in [0.1, 0.15) is 5.69 Å². The zero-order valence-corrected chi connectivity index (χ0v) is 12.6. The van der Waals surface area contributed by atoms with E-state index in [0.29, 0.717) is 12.2 Å². The Kier molecular flexibility index (Phi) is 4.57. The number of hydrogen-bond donors (Lipinski definition) is 3. The normalized spacial score (nSPS) is 11.4. The summed E-state index contributed by atoms with van der Waals surface area (Å²) >= 11 is 3.50. The monoisotopic (exact) mass is 334 g/mol. The number of hydrogen-bond acceptors (Lipinski definition) is 4. The first-order valence-corrected chi connectivity index (χ1v) is 6.83. The lowest BCUT2D eigenvalue weighted by Crippen LogP contribution is -2.18. The number of oxime groups is 1. The Morgan fingerprint density at radius 3 is 3.00 bits per heavy atom. The molecule has 2 rings (SSSR count). The Hall–Kier alpha value is -2.08. The molecular formula is C14H15BrN4O. The summed E-state index contributed by atoms with van der Waals surface area (Å²) in [5.74, 6) is 0.00529. The molecule has 0 aliphatic rings. The van der Waals surface area contributed by atoms with Crippen molar-refractivity contribution < 1.29 is 5.21 Å².